The first-order valence-corrected chi connectivity index (χ1v) is 11.1. The molecule has 6 nitrogen and oxygen atoms in total. The minimum atomic E-state index is 0.0261. The van der Waals surface area contributed by atoms with Crippen molar-refractivity contribution >= 4 is 5.91 Å². The van der Waals surface area contributed by atoms with Crippen LogP contribution < -0.4 is 4.74 Å². The van der Waals surface area contributed by atoms with Gasteiger partial charge in [0.25, 0.3) is 5.91 Å². The van der Waals surface area contributed by atoms with Crippen LogP contribution in [0.3, 0.4) is 0 Å². The standard InChI is InChI=1S/C27H25N3O3/c1-32-24-11-5-9-22(17-24)25-28-26(33-29-25)23-10-6-16-30(18-23)27(31)21-14-12-20(13-15-21)19-7-3-2-4-8-19/h2-5,7-9,11-15,17,23H,6,10,16,18H2,1H3/t23-/m0/s1. The van der Waals surface area contributed by atoms with Crippen molar-refractivity contribution in [2.24, 2.45) is 0 Å². The molecule has 33 heavy (non-hydrogen) atoms. The van der Waals surface area contributed by atoms with E-state index in [-0.39, 0.29) is 11.8 Å². The molecule has 2 heterocycles. The Hall–Kier alpha value is -3.93. The minimum Gasteiger partial charge on any atom is -0.497 e. The largest absolute Gasteiger partial charge is 0.497 e. The molecule has 3 aromatic carbocycles. The summed E-state index contributed by atoms with van der Waals surface area (Å²) in [4.78, 5) is 19.7. The summed E-state index contributed by atoms with van der Waals surface area (Å²) >= 11 is 0. The average molecular weight is 440 g/mol. The van der Waals surface area contributed by atoms with Crippen LogP contribution in [0.5, 0.6) is 5.75 Å². The van der Waals surface area contributed by atoms with Crippen LogP contribution in [0.15, 0.2) is 83.4 Å². The van der Waals surface area contributed by atoms with Crippen molar-refractivity contribution in [1.82, 2.24) is 15.0 Å². The Balaban J connectivity index is 1.29. The number of nitrogens with zero attached hydrogens (tertiary/aromatic N) is 3. The number of aromatic nitrogens is 2. The molecule has 1 aliphatic heterocycles. The number of hydrogen-bond donors (Lipinski definition) is 0. The van der Waals surface area contributed by atoms with Crippen LogP contribution in [0.4, 0.5) is 0 Å². The van der Waals surface area contributed by atoms with Gasteiger partial charge in [0.1, 0.15) is 5.75 Å². The Morgan fingerprint density at radius 2 is 1.73 bits per heavy atom. The molecule has 0 radical (unpaired) electrons. The van der Waals surface area contributed by atoms with E-state index in [2.05, 4.69) is 22.3 Å². The summed E-state index contributed by atoms with van der Waals surface area (Å²) in [5.74, 6) is 1.91. The topological polar surface area (TPSA) is 68.5 Å². The average Bonchev–Trinajstić information content (AvgIpc) is 3.40. The summed E-state index contributed by atoms with van der Waals surface area (Å²) in [5, 5.41) is 4.16. The van der Waals surface area contributed by atoms with Crippen molar-refractivity contribution in [3.8, 4) is 28.3 Å². The van der Waals surface area contributed by atoms with Crippen LogP contribution >= 0.6 is 0 Å². The first-order chi connectivity index (χ1) is 16.2. The summed E-state index contributed by atoms with van der Waals surface area (Å²) in [6, 6.07) is 25.5. The summed E-state index contributed by atoms with van der Waals surface area (Å²) in [6.07, 6.45) is 1.81. The van der Waals surface area contributed by atoms with E-state index in [0.29, 0.717) is 23.8 Å². The van der Waals surface area contributed by atoms with Gasteiger partial charge in [-0.2, -0.15) is 4.98 Å². The first kappa shape index (κ1) is 20.9. The number of amides is 1. The van der Waals surface area contributed by atoms with E-state index in [0.717, 1.165) is 41.8 Å². The van der Waals surface area contributed by atoms with Crippen molar-refractivity contribution in [2.75, 3.05) is 20.2 Å². The van der Waals surface area contributed by atoms with Crippen LogP contribution in [0.2, 0.25) is 0 Å². The van der Waals surface area contributed by atoms with Crippen molar-refractivity contribution < 1.29 is 14.1 Å². The molecular weight excluding hydrogens is 414 g/mol. The molecule has 166 valence electrons. The quantitative estimate of drug-likeness (QED) is 0.415. The summed E-state index contributed by atoms with van der Waals surface area (Å²) in [5.41, 5.74) is 3.77. The van der Waals surface area contributed by atoms with Gasteiger partial charge in [-0.3, -0.25) is 4.79 Å². The number of benzene rings is 3. The molecule has 1 amide bonds. The van der Waals surface area contributed by atoms with Gasteiger partial charge in [0.15, 0.2) is 0 Å². The van der Waals surface area contributed by atoms with E-state index in [9.17, 15) is 4.79 Å². The third-order valence-electron chi connectivity index (χ3n) is 6.07. The molecule has 1 aliphatic rings. The molecule has 0 N–H and O–H groups in total. The van der Waals surface area contributed by atoms with Crippen LogP contribution in [0, 0.1) is 0 Å². The molecule has 6 heteroatoms. The number of carbonyl (C=O) groups is 1. The van der Waals surface area contributed by atoms with Crippen molar-refractivity contribution in [3.05, 3.63) is 90.3 Å². The Bertz CT molecular complexity index is 1230. The van der Waals surface area contributed by atoms with Crippen molar-refractivity contribution in [2.45, 2.75) is 18.8 Å². The predicted molar refractivity (Wildman–Crippen MR) is 126 cm³/mol. The fraction of sp³-hybridized carbons (Fsp3) is 0.222. The number of likely N-dealkylation sites (tertiary alicyclic amines) is 1. The fourth-order valence-corrected chi connectivity index (χ4v) is 4.26. The molecule has 0 unspecified atom stereocenters. The van der Waals surface area contributed by atoms with Gasteiger partial charge in [-0.1, -0.05) is 59.8 Å². The normalized spacial score (nSPS) is 15.9. The van der Waals surface area contributed by atoms with E-state index >= 15 is 0 Å². The lowest BCUT2D eigenvalue weighted by atomic mass is 9.97. The second kappa shape index (κ2) is 9.28. The highest BCUT2D eigenvalue weighted by Crippen LogP contribution is 2.29. The smallest absolute Gasteiger partial charge is 0.253 e. The molecule has 0 aliphatic carbocycles. The van der Waals surface area contributed by atoms with Gasteiger partial charge < -0.3 is 14.2 Å². The predicted octanol–water partition coefficient (Wildman–Crippen LogP) is 5.43. The molecule has 0 bridgehead atoms. The zero-order chi connectivity index (χ0) is 22.6. The molecule has 5 rings (SSSR count). The Labute approximate surface area is 192 Å². The summed E-state index contributed by atoms with van der Waals surface area (Å²) in [6.45, 7) is 1.30. The summed E-state index contributed by atoms with van der Waals surface area (Å²) in [7, 11) is 1.63. The lowest BCUT2D eigenvalue weighted by Gasteiger charge is -2.31. The van der Waals surface area contributed by atoms with Gasteiger partial charge in [0.05, 0.1) is 13.0 Å². The van der Waals surface area contributed by atoms with Gasteiger partial charge >= 0.3 is 0 Å². The van der Waals surface area contributed by atoms with Crippen LogP contribution in [0.25, 0.3) is 22.5 Å². The van der Waals surface area contributed by atoms with E-state index in [1.807, 2.05) is 71.6 Å². The van der Waals surface area contributed by atoms with Gasteiger partial charge in [0, 0.05) is 24.2 Å². The number of ether oxygens (including phenoxy) is 1. The maximum absolute atomic E-state index is 13.2. The highest BCUT2D eigenvalue weighted by molar-refractivity contribution is 5.94. The molecule has 1 aromatic heterocycles. The van der Waals surface area contributed by atoms with Crippen molar-refractivity contribution in [3.63, 3.8) is 0 Å². The maximum Gasteiger partial charge on any atom is 0.253 e. The SMILES string of the molecule is COc1cccc(-c2noc([C@H]3CCCN(C(=O)c4ccc(-c5ccccc5)cc4)C3)n2)c1. The molecular formula is C27H25N3O3. The van der Waals surface area contributed by atoms with E-state index < -0.39 is 0 Å². The van der Waals surface area contributed by atoms with Crippen LogP contribution in [-0.4, -0.2) is 41.1 Å². The van der Waals surface area contributed by atoms with Gasteiger partial charge in [-0.25, -0.2) is 0 Å². The number of rotatable bonds is 5. The van der Waals surface area contributed by atoms with Crippen LogP contribution in [-0.2, 0) is 0 Å². The number of hydrogen-bond acceptors (Lipinski definition) is 5. The number of carbonyl (C=O) groups excluding carboxylic acids is 1. The molecule has 1 fully saturated rings. The Kier molecular flexibility index (Phi) is 5.89. The van der Waals surface area contributed by atoms with E-state index in [4.69, 9.17) is 9.26 Å². The maximum atomic E-state index is 13.2. The van der Waals surface area contributed by atoms with E-state index in [1.165, 1.54) is 0 Å². The molecule has 0 spiro atoms. The Morgan fingerprint density at radius 1 is 0.970 bits per heavy atom. The minimum absolute atomic E-state index is 0.0261. The number of methoxy groups -OCH3 is 1. The highest BCUT2D eigenvalue weighted by atomic mass is 16.5. The zero-order valence-electron chi connectivity index (χ0n) is 18.5. The molecule has 1 atom stereocenters. The first-order valence-electron chi connectivity index (χ1n) is 11.1. The van der Waals surface area contributed by atoms with Crippen LogP contribution in [0.1, 0.15) is 35.0 Å². The monoisotopic (exact) mass is 439 g/mol. The number of piperidine rings is 1. The van der Waals surface area contributed by atoms with Crippen molar-refractivity contribution in [1.29, 1.82) is 0 Å². The zero-order valence-corrected chi connectivity index (χ0v) is 18.5. The summed E-state index contributed by atoms with van der Waals surface area (Å²) < 4.78 is 10.9. The van der Waals surface area contributed by atoms with Gasteiger partial charge in [-0.15, -0.1) is 0 Å². The molecule has 4 aromatic rings. The second-order valence-corrected chi connectivity index (χ2v) is 8.22. The third kappa shape index (κ3) is 4.51. The fourth-order valence-electron chi connectivity index (χ4n) is 4.26. The Morgan fingerprint density at radius 3 is 2.52 bits per heavy atom. The highest BCUT2D eigenvalue weighted by Gasteiger charge is 2.29. The lowest BCUT2D eigenvalue weighted by Crippen LogP contribution is -2.39. The van der Waals surface area contributed by atoms with Gasteiger partial charge in [0.2, 0.25) is 11.7 Å². The molecule has 0 saturated carbocycles. The lowest BCUT2D eigenvalue weighted by molar-refractivity contribution is 0.0695. The van der Waals surface area contributed by atoms with Gasteiger partial charge in [-0.05, 0) is 48.2 Å². The molecule has 1 saturated heterocycles. The second-order valence-electron chi connectivity index (χ2n) is 8.22. The third-order valence-corrected chi connectivity index (χ3v) is 6.07. The van der Waals surface area contributed by atoms with E-state index in [1.54, 1.807) is 7.11 Å².